The molecule has 0 amide bonds. The van der Waals surface area contributed by atoms with Crippen LogP contribution in [0.1, 0.15) is 18.2 Å². The average molecular weight is 189 g/mol. The number of nitrogens with zero attached hydrogens (tertiary/aromatic N) is 2. The number of fused-ring (bicyclic) bond motifs is 1. The number of aromatic nitrogens is 2. The zero-order chi connectivity index (χ0) is 10.1. The molecule has 0 atom stereocenters. The van der Waals surface area contributed by atoms with Crippen LogP contribution in [0.3, 0.4) is 0 Å². The van der Waals surface area contributed by atoms with E-state index < -0.39 is 0 Å². The molecule has 0 unspecified atom stereocenters. The van der Waals surface area contributed by atoms with Crippen LogP contribution in [0.25, 0.3) is 10.9 Å². The van der Waals surface area contributed by atoms with Gasteiger partial charge in [0.15, 0.2) is 0 Å². The summed E-state index contributed by atoms with van der Waals surface area (Å²) >= 11 is 0. The fraction of sp³-hybridized carbons (Fsp3) is 0.364. The van der Waals surface area contributed by atoms with Gasteiger partial charge in [0, 0.05) is 24.7 Å². The van der Waals surface area contributed by atoms with Crippen LogP contribution in [0.5, 0.6) is 0 Å². The number of benzene rings is 1. The molecule has 0 aliphatic rings. The lowest BCUT2D eigenvalue weighted by atomic mass is 10.1. The van der Waals surface area contributed by atoms with Gasteiger partial charge in [-0.25, -0.2) is 0 Å². The van der Waals surface area contributed by atoms with E-state index in [-0.39, 0.29) is 0 Å². The fourth-order valence-electron chi connectivity index (χ4n) is 1.84. The normalized spacial score (nSPS) is 11.1. The third-order valence-electron chi connectivity index (χ3n) is 2.59. The summed E-state index contributed by atoms with van der Waals surface area (Å²) in [6, 6.07) is 6.21. The average Bonchev–Trinajstić information content (AvgIpc) is 2.52. The topological polar surface area (TPSA) is 43.8 Å². The largest absolute Gasteiger partial charge is 0.326 e. The summed E-state index contributed by atoms with van der Waals surface area (Å²) in [6.07, 6.45) is 1.00. The molecule has 2 aromatic rings. The molecule has 0 fully saturated rings. The minimum absolute atomic E-state index is 0.591. The number of rotatable bonds is 2. The third-order valence-corrected chi connectivity index (χ3v) is 2.59. The number of aryl methyl sites for hydroxylation is 2. The zero-order valence-corrected chi connectivity index (χ0v) is 8.62. The van der Waals surface area contributed by atoms with Gasteiger partial charge in [-0.1, -0.05) is 13.0 Å². The Balaban J connectivity index is 2.71. The molecule has 14 heavy (non-hydrogen) atoms. The molecule has 1 aromatic heterocycles. The van der Waals surface area contributed by atoms with Gasteiger partial charge in [0.05, 0.1) is 5.52 Å². The van der Waals surface area contributed by atoms with Crippen molar-refractivity contribution in [1.82, 2.24) is 9.78 Å². The van der Waals surface area contributed by atoms with Crippen molar-refractivity contribution in [2.75, 3.05) is 0 Å². The van der Waals surface area contributed by atoms with E-state index in [2.05, 4.69) is 18.1 Å². The monoisotopic (exact) mass is 189 g/mol. The first-order valence-corrected chi connectivity index (χ1v) is 4.90. The van der Waals surface area contributed by atoms with E-state index in [0.29, 0.717) is 6.54 Å². The highest BCUT2D eigenvalue weighted by Crippen LogP contribution is 2.19. The van der Waals surface area contributed by atoms with Crippen molar-refractivity contribution >= 4 is 10.9 Å². The summed E-state index contributed by atoms with van der Waals surface area (Å²) < 4.78 is 1.95. The Morgan fingerprint density at radius 1 is 1.43 bits per heavy atom. The van der Waals surface area contributed by atoms with Gasteiger partial charge in [0.2, 0.25) is 0 Å². The van der Waals surface area contributed by atoms with Gasteiger partial charge < -0.3 is 5.73 Å². The van der Waals surface area contributed by atoms with E-state index in [0.717, 1.165) is 11.9 Å². The maximum atomic E-state index is 5.61. The standard InChI is InChI=1S/C11H15N3/c1-3-11-9-6-8(7-12)4-5-10(9)13-14(11)2/h4-6H,3,7,12H2,1-2H3. The zero-order valence-electron chi connectivity index (χ0n) is 8.62. The van der Waals surface area contributed by atoms with Crippen LogP contribution in [-0.2, 0) is 20.0 Å². The highest BCUT2D eigenvalue weighted by atomic mass is 15.3. The Hall–Kier alpha value is -1.35. The second kappa shape index (κ2) is 3.42. The first-order chi connectivity index (χ1) is 6.76. The Bertz CT molecular complexity index is 457. The van der Waals surface area contributed by atoms with E-state index in [4.69, 9.17) is 5.73 Å². The summed E-state index contributed by atoms with van der Waals surface area (Å²) in [5.41, 5.74) is 9.11. The molecule has 2 N–H and O–H groups in total. The Kier molecular flexibility index (Phi) is 2.25. The van der Waals surface area contributed by atoms with Crippen LogP contribution >= 0.6 is 0 Å². The van der Waals surface area contributed by atoms with E-state index in [1.165, 1.54) is 16.6 Å². The van der Waals surface area contributed by atoms with Crippen LogP contribution in [0, 0.1) is 0 Å². The Labute approximate surface area is 83.5 Å². The van der Waals surface area contributed by atoms with Crippen LogP contribution in [0.15, 0.2) is 18.2 Å². The SMILES string of the molecule is CCc1c2cc(CN)ccc2nn1C. The Morgan fingerprint density at radius 2 is 2.21 bits per heavy atom. The molecule has 0 radical (unpaired) electrons. The van der Waals surface area contributed by atoms with Crippen molar-refractivity contribution in [3.05, 3.63) is 29.5 Å². The number of hydrogen-bond donors (Lipinski definition) is 1. The van der Waals surface area contributed by atoms with Crippen LogP contribution in [-0.4, -0.2) is 9.78 Å². The van der Waals surface area contributed by atoms with Crippen molar-refractivity contribution < 1.29 is 0 Å². The minimum Gasteiger partial charge on any atom is -0.326 e. The Morgan fingerprint density at radius 3 is 2.86 bits per heavy atom. The fourth-order valence-corrected chi connectivity index (χ4v) is 1.84. The van der Waals surface area contributed by atoms with Gasteiger partial charge >= 0.3 is 0 Å². The molecule has 0 aliphatic carbocycles. The lowest BCUT2D eigenvalue weighted by molar-refractivity contribution is 0.728. The minimum atomic E-state index is 0.591. The third kappa shape index (κ3) is 1.30. The first kappa shape index (κ1) is 9.21. The molecule has 3 heteroatoms. The molecule has 0 saturated heterocycles. The van der Waals surface area contributed by atoms with Gasteiger partial charge in [-0.2, -0.15) is 5.10 Å². The molecule has 0 bridgehead atoms. The lowest BCUT2D eigenvalue weighted by Gasteiger charge is -1.98. The highest BCUT2D eigenvalue weighted by Gasteiger charge is 2.06. The van der Waals surface area contributed by atoms with Crippen molar-refractivity contribution in [1.29, 1.82) is 0 Å². The number of hydrogen-bond acceptors (Lipinski definition) is 2. The highest BCUT2D eigenvalue weighted by molar-refractivity contribution is 5.82. The van der Waals surface area contributed by atoms with E-state index in [1.54, 1.807) is 0 Å². The van der Waals surface area contributed by atoms with Gasteiger partial charge in [-0.05, 0) is 24.1 Å². The maximum Gasteiger partial charge on any atom is 0.0926 e. The predicted molar refractivity (Wildman–Crippen MR) is 58.0 cm³/mol. The summed E-state index contributed by atoms with van der Waals surface area (Å²) in [6.45, 7) is 2.74. The molecule has 2 rings (SSSR count). The summed E-state index contributed by atoms with van der Waals surface area (Å²) in [5, 5.41) is 5.67. The molecule has 1 heterocycles. The summed E-state index contributed by atoms with van der Waals surface area (Å²) in [5.74, 6) is 0. The smallest absolute Gasteiger partial charge is 0.0926 e. The van der Waals surface area contributed by atoms with Crippen molar-refractivity contribution in [3.63, 3.8) is 0 Å². The van der Waals surface area contributed by atoms with Gasteiger partial charge in [-0.3, -0.25) is 4.68 Å². The quantitative estimate of drug-likeness (QED) is 0.779. The van der Waals surface area contributed by atoms with E-state index in [1.807, 2.05) is 23.9 Å². The van der Waals surface area contributed by atoms with Crippen LogP contribution < -0.4 is 5.73 Å². The molecule has 74 valence electrons. The van der Waals surface area contributed by atoms with Crippen molar-refractivity contribution in [2.45, 2.75) is 19.9 Å². The second-order valence-corrected chi connectivity index (χ2v) is 3.48. The van der Waals surface area contributed by atoms with Gasteiger partial charge in [-0.15, -0.1) is 0 Å². The first-order valence-electron chi connectivity index (χ1n) is 4.90. The van der Waals surface area contributed by atoms with Gasteiger partial charge in [0.25, 0.3) is 0 Å². The van der Waals surface area contributed by atoms with E-state index >= 15 is 0 Å². The van der Waals surface area contributed by atoms with E-state index in [9.17, 15) is 0 Å². The molecule has 0 aliphatic heterocycles. The van der Waals surface area contributed by atoms with Crippen molar-refractivity contribution in [3.8, 4) is 0 Å². The molecule has 0 spiro atoms. The maximum absolute atomic E-state index is 5.61. The molecule has 3 nitrogen and oxygen atoms in total. The molecule has 1 aromatic carbocycles. The summed E-state index contributed by atoms with van der Waals surface area (Å²) in [4.78, 5) is 0. The summed E-state index contributed by atoms with van der Waals surface area (Å²) in [7, 11) is 1.99. The lowest BCUT2D eigenvalue weighted by Crippen LogP contribution is -1.96. The van der Waals surface area contributed by atoms with Crippen LogP contribution in [0.2, 0.25) is 0 Å². The van der Waals surface area contributed by atoms with Crippen molar-refractivity contribution in [2.24, 2.45) is 12.8 Å². The molecular formula is C11H15N3. The molecular weight excluding hydrogens is 174 g/mol. The van der Waals surface area contributed by atoms with Crippen LogP contribution in [0.4, 0.5) is 0 Å². The van der Waals surface area contributed by atoms with Gasteiger partial charge in [0.1, 0.15) is 0 Å². The number of nitrogens with two attached hydrogens (primary N) is 1. The predicted octanol–water partition coefficient (Wildman–Crippen LogP) is 1.59. The molecule has 0 saturated carbocycles. The second-order valence-electron chi connectivity index (χ2n) is 3.48.